The van der Waals surface area contributed by atoms with Crippen LogP contribution in [0.1, 0.15) is 32.4 Å². The maximum atomic E-state index is 10.6. The van der Waals surface area contributed by atoms with Crippen LogP contribution in [0, 0.1) is 6.42 Å². The van der Waals surface area contributed by atoms with E-state index in [2.05, 4.69) is 5.32 Å². The van der Waals surface area contributed by atoms with Crippen molar-refractivity contribution in [3.63, 3.8) is 0 Å². The predicted octanol–water partition coefficient (Wildman–Crippen LogP) is 2.08. The van der Waals surface area contributed by atoms with E-state index in [1.54, 1.807) is 0 Å². The number of carbonyl (C=O) groups excluding carboxylic acids is 1. The van der Waals surface area contributed by atoms with Gasteiger partial charge in [0.2, 0.25) is 5.91 Å². The first-order valence-corrected chi connectivity index (χ1v) is 5.33. The number of rotatable bonds is 3. The van der Waals surface area contributed by atoms with Gasteiger partial charge in [-0.1, -0.05) is 30.3 Å². The summed E-state index contributed by atoms with van der Waals surface area (Å²) in [7, 11) is 0. The van der Waals surface area contributed by atoms with Gasteiger partial charge in [-0.15, -0.1) is 0 Å². The number of hydrogen-bond acceptors (Lipinski definition) is 2. The summed E-state index contributed by atoms with van der Waals surface area (Å²) in [4.78, 5) is 10.6. The van der Waals surface area contributed by atoms with E-state index in [1.165, 1.54) is 6.92 Å². The smallest absolute Gasteiger partial charge is 0.216 e. The van der Waals surface area contributed by atoms with Crippen molar-refractivity contribution in [3.8, 4) is 0 Å². The second-order valence-electron chi connectivity index (χ2n) is 3.44. The number of aliphatic hydroxyl groups excluding tert-OH is 1. The Bertz CT molecular complexity index is 291. The van der Waals surface area contributed by atoms with Crippen molar-refractivity contribution in [2.24, 2.45) is 0 Å². The summed E-state index contributed by atoms with van der Waals surface area (Å²) >= 11 is 0. The van der Waals surface area contributed by atoms with Crippen molar-refractivity contribution >= 4 is 5.91 Å². The van der Waals surface area contributed by atoms with Crippen molar-refractivity contribution in [1.82, 2.24) is 5.32 Å². The molecule has 1 aromatic rings. The van der Waals surface area contributed by atoms with Gasteiger partial charge >= 0.3 is 0 Å². The van der Waals surface area contributed by atoms with Gasteiger partial charge in [0.05, 0.1) is 6.10 Å². The van der Waals surface area contributed by atoms with Crippen LogP contribution in [-0.4, -0.2) is 17.6 Å². The summed E-state index contributed by atoms with van der Waals surface area (Å²) < 4.78 is 0. The molecule has 1 atom stereocenters. The van der Waals surface area contributed by atoms with Crippen LogP contribution < -0.4 is 5.32 Å². The zero-order valence-electron chi connectivity index (χ0n) is 10.5. The predicted molar refractivity (Wildman–Crippen MR) is 65.7 cm³/mol. The summed E-state index contributed by atoms with van der Waals surface area (Å²) in [5.74, 6) is -0.130. The van der Waals surface area contributed by atoms with Gasteiger partial charge in [0.25, 0.3) is 0 Å². The standard InChI is InChI=1S/C10H13NO2.C3H7.W/c1-8(12)11-7-10(13)9-5-3-2-4-6-9;1-3-2;/h2-6,10,13H,7H2,1H3,(H,11,12);3H,1-2H3;/q;-1;. The fourth-order valence-corrected chi connectivity index (χ4v) is 1.03. The minimum Gasteiger partial charge on any atom is -0.387 e. The van der Waals surface area contributed by atoms with Crippen molar-refractivity contribution in [2.45, 2.75) is 26.9 Å². The van der Waals surface area contributed by atoms with Crippen molar-refractivity contribution in [2.75, 3.05) is 6.54 Å². The number of amides is 1. The Morgan fingerprint density at radius 2 is 1.82 bits per heavy atom. The van der Waals surface area contributed by atoms with Gasteiger partial charge in [-0.2, -0.15) is 13.8 Å². The molecule has 0 radical (unpaired) electrons. The third-order valence-electron chi connectivity index (χ3n) is 1.73. The van der Waals surface area contributed by atoms with Gasteiger partial charge in [0, 0.05) is 34.5 Å². The SMILES string of the molecule is CC(=O)NCC(O)c1ccccc1.C[CH-]C.[W]. The van der Waals surface area contributed by atoms with Gasteiger partial charge in [-0.3, -0.25) is 4.79 Å². The van der Waals surface area contributed by atoms with E-state index in [9.17, 15) is 9.90 Å². The van der Waals surface area contributed by atoms with Crippen molar-refractivity contribution < 1.29 is 31.0 Å². The molecular weight excluding hydrogens is 386 g/mol. The Hall–Kier alpha value is -0.662. The van der Waals surface area contributed by atoms with Crippen LogP contribution >= 0.6 is 0 Å². The van der Waals surface area contributed by atoms with Crippen LogP contribution in [0.5, 0.6) is 0 Å². The topological polar surface area (TPSA) is 49.3 Å². The van der Waals surface area contributed by atoms with E-state index in [0.29, 0.717) is 0 Å². The normalized spacial score (nSPS) is 10.4. The number of aliphatic hydroxyl groups is 1. The summed E-state index contributed by atoms with van der Waals surface area (Å²) in [6.45, 7) is 5.69. The maximum Gasteiger partial charge on any atom is 0.216 e. The van der Waals surface area contributed by atoms with Gasteiger partial charge in [0.15, 0.2) is 0 Å². The van der Waals surface area contributed by atoms with Crippen LogP contribution in [0.15, 0.2) is 30.3 Å². The van der Waals surface area contributed by atoms with E-state index in [1.807, 2.05) is 50.6 Å². The second-order valence-corrected chi connectivity index (χ2v) is 3.44. The molecule has 1 unspecified atom stereocenters. The molecule has 0 aliphatic heterocycles. The summed E-state index contributed by atoms with van der Waals surface area (Å²) in [6, 6.07) is 9.24. The Morgan fingerprint density at radius 3 is 2.24 bits per heavy atom. The first kappa shape index (κ1) is 18.7. The molecule has 0 heterocycles. The number of carbonyl (C=O) groups is 1. The molecule has 96 valence electrons. The monoisotopic (exact) mass is 406 g/mol. The second kappa shape index (κ2) is 11.8. The molecule has 0 aliphatic carbocycles. The van der Waals surface area contributed by atoms with E-state index >= 15 is 0 Å². The number of hydrogen-bond donors (Lipinski definition) is 2. The van der Waals surface area contributed by atoms with Gasteiger partial charge in [-0.05, 0) is 5.56 Å². The molecule has 1 amide bonds. The molecule has 0 aromatic heterocycles. The molecule has 17 heavy (non-hydrogen) atoms. The molecule has 3 nitrogen and oxygen atoms in total. The molecule has 4 heteroatoms. The molecular formula is C13H20NO2W-. The fourth-order valence-electron chi connectivity index (χ4n) is 1.03. The molecule has 0 bridgehead atoms. The van der Waals surface area contributed by atoms with Crippen LogP contribution in [0.2, 0.25) is 0 Å². The van der Waals surface area contributed by atoms with Crippen molar-refractivity contribution in [1.29, 1.82) is 0 Å². The molecule has 1 rings (SSSR count). The molecule has 0 fully saturated rings. The maximum absolute atomic E-state index is 10.6. The van der Waals surface area contributed by atoms with Gasteiger partial charge in [0.1, 0.15) is 0 Å². The average Bonchev–Trinajstić information content (AvgIpc) is 2.28. The molecule has 2 N–H and O–H groups in total. The van der Waals surface area contributed by atoms with Gasteiger partial charge in [-0.25, -0.2) is 0 Å². The third kappa shape index (κ3) is 10.2. The Morgan fingerprint density at radius 1 is 1.35 bits per heavy atom. The quantitative estimate of drug-likeness (QED) is 0.756. The largest absolute Gasteiger partial charge is 0.387 e. The summed E-state index contributed by atoms with van der Waals surface area (Å²) in [6.07, 6.45) is 1.38. The van der Waals surface area contributed by atoms with Crippen LogP contribution in [0.25, 0.3) is 0 Å². The average molecular weight is 406 g/mol. The minimum absolute atomic E-state index is 0. The van der Waals surface area contributed by atoms with E-state index < -0.39 is 6.10 Å². The summed E-state index contributed by atoms with van der Waals surface area (Å²) in [5, 5.41) is 12.1. The number of nitrogens with one attached hydrogen (secondary N) is 1. The van der Waals surface area contributed by atoms with Gasteiger partial charge < -0.3 is 16.8 Å². The Balaban J connectivity index is 0. The molecule has 0 aliphatic rings. The Labute approximate surface area is 118 Å². The van der Waals surface area contributed by atoms with E-state index in [4.69, 9.17) is 0 Å². The van der Waals surface area contributed by atoms with Crippen LogP contribution in [0.3, 0.4) is 0 Å². The first-order valence-electron chi connectivity index (χ1n) is 5.33. The number of benzene rings is 1. The Kier molecular flexibility index (Phi) is 13.0. The van der Waals surface area contributed by atoms with E-state index in [0.717, 1.165) is 5.56 Å². The van der Waals surface area contributed by atoms with Crippen LogP contribution in [-0.2, 0) is 25.9 Å². The summed E-state index contributed by atoms with van der Waals surface area (Å²) in [5.41, 5.74) is 0.816. The minimum atomic E-state index is -0.620. The molecule has 1 aromatic carbocycles. The molecule has 0 spiro atoms. The third-order valence-corrected chi connectivity index (χ3v) is 1.73. The van der Waals surface area contributed by atoms with E-state index in [-0.39, 0.29) is 33.5 Å². The first-order chi connectivity index (χ1) is 7.61. The fraction of sp³-hybridized carbons (Fsp3) is 0.385. The molecule has 0 saturated heterocycles. The van der Waals surface area contributed by atoms with Crippen molar-refractivity contribution in [3.05, 3.63) is 42.3 Å². The zero-order valence-corrected chi connectivity index (χ0v) is 13.4. The zero-order chi connectivity index (χ0) is 12.4. The van der Waals surface area contributed by atoms with Crippen LogP contribution in [0.4, 0.5) is 0 Å². The molecule has 0 saturated carbocycles.